The molecule has 9 nitrogen and oxygen atoms in total. The number of rotatable bonds is 7. The molecular formula is C23H23N5O4. The number of aryl methyl sites for hydroxylation is 2. The highest BCUT2D eigenvalue weighted by molar-refractivity contribution is 6.03. The average molecular weight is 433 g/mol. The van der Waals surface area contributed by atoms with Gasteiger partial charge in [0.25, 0.3) is 5.91 Å². The number of hydrogen-bond donors (Lipinski definition) is 3. The van der Waals surface area contributed by atoms with E-state index in [1.807, 2.05) is 44.2 Å². The molecular weight excluding hydrogens is 410 g/mol. The number of aromatic carboxylic acids is 1. The summed E-state index contributed by atoms with van der Waals surface area (Å²) < 4.78 is 3.27. The number of carboxylic acid groups (broad SMARTS) is 1. The molecule has 0 spiro atoms. The van der Waals surface area contributed by atoms with Gasteiger partial charge in [0.15, 0.2) is 0 Å². The summed E-state index contributed by atoms with van der Waals surface area (Å²) in [7, 11) is 0. The first-order valence-electron chi connectivity index (χ1n) is 10.2. The fourth-order valence-electron chi connectivity index (χ4n) is 3.63. The van der Waals surface area contributed by atoms with Crippen LogP contribution in [0.2, 0.25) is 0 Å². The van der Waals surface area contributed by atoms with Crippen LogP contribution in [0, 0.1) is 6.92 Å². The van der Waals surface area contributed by atoms with Crippen molar-refractivity contribution in [2.45, 2.75) is 33.0 Å². The number of nitrogens with zero attached hydrogens (tertiary/aromatic N) is 4. The lowest BCUT2D eigenvalue weighted by molar-refractivity contribution is 0.0696. The molecule has 1 amide bonds. The molecule has 0 radical (unpaired) electrons. The van der Waals surface area contributed by atoms with E-state index in [4.69, 9.17) is 0 Å². The molecule has 32 heavy (non-hydrogen) atoms. The number of carbonyl (C=O) groups is 2. The number of aromatic nitrogens is 4. The third kappa shape index (κ3) is 4.10. The van der Waals surface area contributed by atoms with Crippen molar-refractivity contribution in [2.24, 2.45) is 0 Å². The lowest BCUT2D eigenvalue weighted by atomic mass is 10.1. The third-order valence-electron chi connectivity index (χ3n) is 5.19. The number of carbonyl (C=O) groups excluding carboxylic acids is 1. The predicted octanol–water partition coefficient (Wildman–Crippen LogP) is 3.25. The van der Waals surface area contributed by atoms with Gasteiger partial charge in [-0.1, -0.05) is 30.3 Å². The van der Waals surface area contributed by atoms with Gasteiger partial charge in [0.05, 0.1) is 34.9 Å². The maximum Gasteiger partial charge on any atom is 0.335 e. The zero-order chi connectivity index (χ0) is 22.8. The maximum atomic E-state index is 13.0. The van der Waals surface area contributed by atoms with Crippen molar-refractivity contribution in [1.29, 1.82) is 0 Å². The number of imidazole rings is 1. The van der Waals surface area contributed by atoms with Crippen LogP contribution in [0.4, 0.5) is 5.95 Å². The Hall–Kier alpha value is -3.98. The molecule has 0 saturated heterocycles. The topological polar surface area (TPSA) is 122 Å². The molecule has 0 saturated carbocycles. The molecule has 2 heterocycles. The molecule has 164 valence electrons. The molecule has 2 aromatic heterocycles. The normalized spacial score (nSPS) is 12.1. The summed E-state index contributed by atoms with van der Waals surface area (Å²) >= 11 is 0. The summed E-state index contributed by atoms with van der Waals surface area (Å²) in [5.74, 6) is -1.25. The van der Waals surface area contributed by atoms with E-state index in [0.717, 1.165) is 5.69 Å². The number of aliphatic hydroxyl groups excluding tert-OH is 1. The van der Waals surface area contributed by atoms with Crippen molar-refractivity contribution >= 4 is 28.9 Å². The Bertz CT molecular complexity index is 1290. The van der Waals surface area contributed by atoms with Crippen molar-refractivity contribution < 1.29 is 19.8 Å². The van der Waals surface area contributed by atoms with Crippen LogP contribution in [0.3, 0.4) is 0 Å². The van der Waals surface area contributed by atoms with Crippen LogP contribution in [0.5, 0.6) is 0 Å². The number of fused-ring (bicyclic) bond motifs is 1. The van der Waals surface area contributed by atoms with Crippen LogP contribution in [0.1, 0.15) is 45.1 Å². The summed E-state index contributed by atoms with van der Waals surface area (Å²) in [5, 5.41) is 27.2. The van der Waals surface area contributed by atoms with Crippen molar-refractivity contribution in [3.63, 3.8) is 0 Å². The van der Waals surface area contributed by atoms with Crippen LogP contribution in [-0.4, -0.2) is 41.4 Å². The Morgan fingerprint density at radius 3 is 2.56 bits per heavy atom. The second kappa shape index (κ2) is 8.64. The van der Waals surface area contributed by atoms with Crippen molar-refractivity contribution in [3.05, 3.63) is 77.1 Å². The Labute approximate surface area is 183 Å². The molecule has 0 aliphatic carbocycles. The fourth-order valence-corrected chi connectivity index (χ4v) is 3.63. The summed E-state index contributed by atoms with van der Waals surface area (Å²) in [6, 6.07) is 15.4. The van der Waals surface area contributed by atoms with E-state index < -0.39 is 18.0 Å². The molecule has 0 unspecified atom stereocenters. The van der Waals surface area contributed by atoms with Gasteiger partial charge in [-0.2, -0.15) is 5.10 Å². The summed E-state index contributed by atoms with van der Waals surface area (Å²) in [4.78, 5) is 28.8. The SMILES string of the molecule is CCn1nc(C)cc1C(=O)Nc1nc2cc(C(=O)O)ccc2n1C[C@@H](O)c1ccccc1. The molecule has 4 rings (SSSR count). The molecule has 4 aromatic rings. The highest BCUT2D eigenvalue weighted by atomic mass is 16.4. The van der Waals surface area contributed by atoms with E-state index >= 15 is 0 Å². The number of hydrogen-bond acceptors (Lipinski definition) is 5. The zero-order valence-electron chi connectivity index (χ0n) is 17.7. The van der Waals surface area contributed by atoms with E-state index in [2.05, 4.69) is 15.4 Å². The quantitative estimate of drug-likeness (QED) is 0.411. The van der Waals surface area contributed by atoms with Gasteiger partial charge in [0, 0.05) is 6.54 Å². The van der Waals surface area contributed by atoms with Crippen LogP contribution in [0.15, 0.2) is 54.6 Å². The number of aliphatic hydroxyl groups is 1. The average Bonchev–Trinajstić information content (AvgIpc) is 3.33. The first-order chi connectivity index (χ1) is 15.4. The van der Waals surface area contributed by atoms with E-state index in [1.54, 1.807) is 21.4 Å². The smallest absolute Gasteiger partial charge is 0.335 e. The summed E-state index contributed by atoms with van der Waals surface area (Å²) in [6.45, 7) is 4.35. The Kier molecular flexibility index (Phi) is 5.74. The van der Waals surface area contributed by atoms with Gasteiger partial charge in [-0.05, 0) is 43.7 Å². The van der Waals surface area contributed by atoms with Gasteiger partial charge in [0.2, 0.25) is 5.95 Å². The highest BCUT2D eigenvalue weighted by Gasteiger charge is 2.21. The second-order valence-electron chi connectivity index (χ2n) is 7.42. The van der Waals surface area contributed by atoms with Crippen molar-refractivity contribution in [2.75, 3.05) is 5.32 Å². The van der Waals surface area contributed by atoms with Gasteiger partial charge >= 0.3 is 5.97 Å². The zero-order valence-corrected chi connectivity index (χ0v) is 17.7. The summed E-state index contributed by atoms with van der Waals surface area (Å²) in [6.07, 6.45) is -0.855. The number of benzene rings is 2. The third-order valence-corrected chi connectivity index (χ3v) is 5.19. The molecule has 9 heteroatoms. The van der Waals surface area contributed by atoms with Gasteiger partial charge in [-0.15, -0.1) is 0 Å². The van der Waals surface area contributed by atoms with Crippen molar-refractivity contribution in [3.8, 4) is 0 Å². The maximum absolute atomic E-state index is 13.0. The number of nitrogens with one attached hydrogen (secondary N) is 1. The fraction of sp³-hybridized carbons (Fsp3) is 0.217. The molecule has 2 aromatic carbocycles. The van der Waals surface area contributed by atoms with E-state index in [0.29, 0.717) is 28.8 Å². The Morgan fingerprint density at radius 1 is 1.12 bits per heavy atom. The lowest BCUT2D eigenvalue weighted by Gasteiger charge is -2.15. The van der Waals surface area contributed by atoms with E-state index in [9.17, 15) is 19.8 Å². The number of carboxylic acids is 1. The van der Waals surface area contributed by atoms with E-state index in [-0.39, 0.29) is 18.1 Å². The molecule has 0 bridgehead atoms. The van der Waals surface area contributed by atoms with E-state index in [1.165, 1.54) is 12.1 Å². The van der Waals surface area contributed by atoms with Gasteiger partial charge in [-0.3, -0.25) is 14.8 Å². The van der Waals surface area contributed by atoms with Crippen LogP contribution < -0.4 is 5.32 Å². The monoisotopic (exact) mass is 433 g/mol. The minimum atomic E-state index is -1.07. The van der Waals surface area contributed by atoms with Gasteiger partial charge in [-0.25, -0.2) is 9.78 Å². The largest absolute Gasteiger partial charge is 0.478 e. The minimum Gasteiger partial charge on any atom is -0.478 e. The molecule has 3 N–H and O–H groups in total. The lowest BCUT2D eigenvalue weighted by Crippen LogP contribution is -2.21. The first kappa shape index (κ1) is 21.3. The molecule has 0 fully saturated rings. The Balaban J connectivity index is 1.74. The molecule has 0 aliphatic rings. The molecule has 0 aliphatic heterocycles. The van der Waals surface area contributed by atoms with Crippen LogP contribution in [0.25, 0.3) is 11.0 Å². The summed E-state index contributed by atoms with van der Waals surface area (Å²) in [5.41, 5.74) is 2.91. The minimum absolute atomic E-state index is 0.0864. The number of anilines is 1. The standard InChI is InChI=1S/C23H23N5O4/c1-3-28-19(11-14(2)26-28)21(30)25-23-24-17-12-16(22(31)32)9-10-18(17)27(23)13-20(29)15-7-5-4-6-8-15/h4-12,20,29H,3,13H2,1-2H3,(H,31,32)(H,24,25,30)/t20-/m1/s1. The van der Waals surface area contributed by atoms with Gasteiger partial charge in [0.1, 0.15) is 5.69 Å². The van der Waals surface area contributed by atoms with Gasteiger partial charge < -0.3 is 14.8 Å². The first-order valence-corrected chi connectivity index (χ1v) is 10.2. The predicted molar refractivity (Wildman–Crippen MR) is 119 cm³/mol. The molecule has 1 atom stereocenters. The van der Waals surface area contributed by atoms with Crippen LogP contribution >= 0.6 is 0 Å². The Morgan fingerprint density at radius 2 is 1.88 bits per heavy atom. The highest BCUT2D eigenvalue weighted by Crippen LogP contribution is 2.25. The number of amides is 1. The van der Waals surface area contributed by atoms with Crippen LogP contribution in [-0.2, 0) is 13.1 Å². The van der Waals surface area contributed by atoms with Crippen molar-refractivity contribution in [1.82, 2.24) is 19.3 Å². The second-order valence-corrected chi connectivity index (χ2v) is 7.42.